The fourth-order valence-electron chi connectivity index (χ4n) is 1.53. The van der Waals surface area contributed by atoms with Crippen LogP contribution in [0, 0.1) is 0 Å². The standard InChI is InChI=1S/C8H13BBrClO2/c1-2-7(11)4-3-5-8(10,6-7)9(12)13/h3,5,12-13H,2,4,6H2,1H3. The Labute approximate surface area is 92.3 Å². The molecule has 0 aliphatic heterocycles. The van der Waals surface area contributed by atoms with Gasteiger partial charge in [0.2, 0.25) is 0 Å². The van der Waals surface area contributed by atoms with Gasteiger partial charge >= 0.3 is 7.12 Å². The van der Waals surface area contributed by atoms with Crippen molar-refractivity contribution in [2.75, 3.05) is 0 Å². The summed E-state index contributed by atoms with van der Waals surface area (Å²) in [5.41, 5.74) is 0. The van der Waals surface area contributed by atoms with E-state index in [0.29, 0.717) is 6.42 Å². The molecule has 2 nitrogen and oxygen atoms in total. The van der Waals surface area contributed by atoms with Crippen molar-refractivity contribution in [2.45, 2.75) is 35.3 Å². The zero-order chi connectivity index (χ0) is 10.1. The van der Waals surface area contributed by atoms with E-state index in [4.69, 9.17) is 21.6 Å². The second-order valence-corrected chi connectivity index (χ2v) is 5.87. The second-order valence-electron chi connectivity index (χ2n) is 3.59. The molecule has 0 amide bonds. The van der Waals surface area contributed by atoms with Crippen LogP contribution in [0.4, 0.5) is 0 Å². The Balaban J connectivity index is 2.82. The quantitative estimate of drug-likeness (QED) is 0.455. The van der Waals surface area contributed by atoms with Gasteiger partial charge in [-0.2, -0.15) is 0 Å². The first-order valence-corrected chi connectivity index (χ1v) is 5.51. The maximum atomic E-state index is 9.16. The molecule has 2 N–H and O–H groups in total. The average Bonchev–Trinajstić information content (AvgIpc) is 2.04. The summed E-state index contributed by atoms with van der Waals surface area (Å²) in [7, 11) is -1.41. The van der Waals surface area contributed by atoms with Crippen LogP contribution in [0.3, 0.4) is 0 Å². The topological polar surface area (TPSA) is 40.5 Å². The molecule has 1 aliphatic carbocycles. The van der Waals surface area contributed by atoms with E-state index in [9.17, 15) is 0 Å². The van der Waals surface area contributed by atoms with Crippen molar-refractivity contribution in [3.63, 3.8) is 0 Å². The van der Waals surface area contributed by atoms with Crippen molar-refractivity contribution in [1.82, 2.24) is 0 Å². The third kappa shape index (κ3) is 2.49. The summed E-state index contributed by atoms with van der Waals surface area (Å²) in [6, 6.07) is 0. The van der Waals surface area contributed by atoms with Gasteiger partial charge in [-0.3, -0.25) is 0 Å². The molecule has 0 heterocycles. The first kappa shape index (κ1) is 11.6. The van der Waals surface area contributed by atoms with E-state index in [1.807, 2.05) is 13.0 Å². The first-order valence-electron chi connectivity index (χ1n) is 4.33. The summed E-state index contributed by atoms with van der Waals surface area (Å²) >= 11 is 9.59. The molecule has 0 saturated heterocycles. The summed E-state index contributed by atoms with van der Waals surface area (Å²) in [5, 5.41) is 18.3. The number of alkyl halides is 2. The summed E-state index contributed by atoms with van der Waals surface area (Å²) in [6.45, 7) is 2.00. The van der Waals surface area contributed by atoms with E-state index in [1.165, 1.54) is 0 Å². The Kier molecular flexibility index (Phi) is 3.50. The van der Waals surface area contributed by atoms with Crippen molar-refractivity contribution in [3.8, 4) is 0 Å². The predicted octanol–water partition coefficient (Wildman–Crippen LogP) is 1.87. The van der Waals surface area contributed by atoms with E-state index < -0.39 is 11.3 Å². The fraction of sp³-hybridized carbons (Fsp3) is 0.750. The molecule has 0 aromatic carbocycles. The van der Waals surface area contributed by atoms with Crippen molar-refractivity contribution < 1.29 is 10.0 Å². The highest BCUT2D eigenvalue weighted by Crippen LogP contribution is 2.42. The first-order chi connectivity index (χ1) is 5.92. The zero-order valence-electron chi connectivity index (χ0n) is 7.50. The molecule has 0 bridgehead atoms. The van der Waals surface area contributed by atoms with Crippen molar-refractivity contribution in [2.24, 2.45) is 0 Å². The van der Waals surface area contributed by atoms with Crippen molar-refractivity contribution >= 4 is 34.6 Å². The number of hydrogen-bond donors (Lipinski definition) is 2. The van der Waals surface area contributed by atoms with Crippen LogP contribution in [-0.4, -0.2) is 26.3 Å². The van der Waals surface area contributed by atoms with Gasteiger partial charge in [-0.05, 0) is 19.3 Å². The van der Waals surface area contributed by atoms with Crippen LogP contribution in [0.25, 0.3) is 0 Å². The van der Waals surface area contributed by atoms with Gasteiger partial charge in [0.25, 0.3) is 0 Å². The van der Waals surface area contributed by atoms with E-state index >= 15 is 0 Å². The molecule has 1 aliphatic rings. The highest BCUT2D eigenvalue weighted by Gasteiger charge is 2.45. The van der Waals surface area contributed by atoms with Crippen molar-refractivity contribution in [1.29, 1.82) is 0 Å². The van der Waals surface area contributed by atoms with E-state index in [0.717, 1.165) is 12.8 Å². The Morgan fingerprint density at radius 3 is 2.69 bits per heavy atom. The monoisotopic (exact) mass is 266 g/mol. The Bertz CT molecular complexity index is 224. The smallest absolute Gasteiger partial charge is 0.426 e. The molecular weight excluding hydrogens is 254 g/mol. The molecule has 0 aromatic heterocycles. The fourth-order valence-corrected chi connectivity index (χ4v) is 2.72. The Morgan fingerprint density at radius 2 is 2.23 bits per heavy atom. The van der Waals surface area contributed by atoms with Gasteiger partial charge < -0.3 is 10.0 Å². The summed E-state index contributed by atoms with van der Waals surface area (Å²) in [4.78, 5) is -0.345. The summed E-state index contributed by atoms with van der Waals surface area (Å²) < 4.78 is -0.775. The van der Waals surface area contributed by atoms with Crippen molar-refractivity contribution in [3.05, 3.63) is 12.2 Å². The van der Waals surface area contributed by atoms with Gasteiger partial charge in [0.15, 0.2) is 0 Å². The summed E-state index contributed by atoms with van der Waals surface area (Å²) in [6.07, 6.45) is 5.80. The zero-order valence-corrected chi connectivity index (χ0v) is 9.85. The predicted molar refractivity (Wildman–Crippen MR) is 59.1 cm³/mol. The molecule has 0 saturated carbocycles. The number of rotatable bonds is 2. The number of halogens is 2. The molecule has 1 rings (SSSR count). The lowest BCUT2D eigenvalue weighted by molar-refractivity contribution is 0.367. The van der Waals surface area contributed by atoms with Gasteiger partial charge in [0, 0.05) is 4.87 Å². The highest BCUT2D eigenvalue weighted by atomic mass is 79.9. The minimum atomic E-state index is -1.41. The van der Waals surface area contributed by atoms with Crippen LogP contribution in [0.15, 0.2) is 12.2 Å². The van der Waals surface area contributed by atoms with Crippen LogP contribution < -0.4 is 0 Å². The Hall–Kier alpha value is 0.495. The van der Waals surface area contributed by atoms with Crippen LogP contribution >= 0.6 is 27.5 Å². The van der Waals surface area contributed by atoms with Gasteiger partial charge in [0.05, 0.1) is 4.22 Å². The van der Waals surface area contributed by atoms with E-state index in [-0.39, 0.29) is 4.87 Å². The summed E-state index contributed by atoms with van der Waals surface area (Å²) in [5.74, 6) is 0. The molecular formula is C8H13BBrClO2. The molecule has 0 spiro atoms. The Morgan fingerprint density at radius 1 is 1.62 bits per heavy atom. The van der Waals surface area contributed by atoms with E-state index in [1.54, 1.807) is 6.08 Å². The molecule has 2 unspecified atom stereocenters. The number of hydrogen-bond acceptors (Lipinski definition) is 2. The highest BCUT2D eigenvalue weighted by molar-refractivity contribution is 9.10. The largest absolute Gasteiger partial charge is 0.473 e. The lowest BCUT2D eigenvalue weighted by Gasteiger charge is -2.36. The molecule has 2 atom stereocenters. The average molecular weight is 267 g/mol. The van der Waals surface area contributed by atoms with Crippen LogP contribution in [0.2, 0.25) is 0 Å². The third-order valence-corrected chi connectivity index (χ3v) is 4.04. The molecule has 0 fully saturated rings. The second kappa shape index (κ2) is 3.93. The number of allylic oxidation sites excluding steroid dienone is 2. The molecule has 0 aromatic rings. The maximum Gasteiger partial charge on any atom is 0.473 e. The third-order valence-electron chi connectivity index (χ3n) is 2.53. The lowest BCUT2D eigenvalue weighted by Crippen LogP contribution is -2.46. The van der Waals surface area contributed by atoms with Crippen LogP contribution in [0.5, 0.6) is 0 Å². The minimum Gasteiger partial charge on any atom is -0.426 e. The van der Waals surface area contributed by atoms with Gasteiger partial charge in [-0.15, -0.1) is 11.6 Å². The van der Waals surface area contributed by atoms with Gasteiger partial charge in [0.1, 0.15) is 0 Å². The normalized spacial score (nSPS) is 39.2. The van der Waals surface area contributed by atoms with Gasteiger partial charge in [-0.1, -0.05) is 35.0 Å². The van der Waals surface area contributed by atoms with Crippen LogP contribution in [0.1, 0.15) is 26.2 Å². The van der Waals surface area contributed by atoms with Crippen LogP contribution in [-0.2, 0) is 0 Å². The lowest BCUT2D eigenvalue weighted by atomic mass is 9.65. The minimum absolute atomic E-state index is 0.345. The SMILES string of the molecule is CCC1(Cl)CC=CC(Br)(B(O)O)C1. The maximum absolute atomic E-state index is 9.16. The molecule has 0 radical (unpaired) electrons. The van der Waals surface area contributed by atoms with E-state index in [2.05, 4.69) is 15.9 Å². The molecule has 5 heteroatoms. The molecule has 74 valence electrons. The van der Waals surface area contributed by atoms with Gasteiger partial charge in [-0.25, -0.2) is 0 Å². The molecule has 13 heavy (non-hydrogen) atoms.